The molecule has 0 fully saturated rings. The maximum absolute atomic E-state index is 12.8. The lowest BCUT2D eigenvalue weighted by Gasteiger charge is -2.15. The van der Waals surface area contributed by atoms with Crippen molar-refractivity contribution >= 4 is 27.3 Å². The van der Waals surface area contributed by atoms with Crippen LogP contribution in [0.15, 0.2) is 59.8 Å². The van der Waals surface area contributed by atoms with Gasteiger partial charge in [-0.2, -0.15) is 0 Å². The summed E-state index contributed by atoms with van der Waals surface area (Å²) >= 11 is 5.79. The van der Waals surface area contributed by atoms with Gasteiger partial charge in [0.15, 0.2) is 11.5 Å². The van der Waals surface area contributed by atoms with E-state index in [4.69, 9.17) is 21.1 Å². The molecule has 3 rings (SSSR count). The van der Waals surface area contributed by atoms with E-state index in [2.05, 4.69) is 14.4 Å². The minimum Gasteiger partial charge on any atom is -0.493 e. The van der Waals surface area contributed by atoms with Crippen LogP contribution in [0, 0.1) is 0 Å². The van der Waals surface area contributed by atoms with Crippen molar-refractivity contribution in [1.29, 1.82) is 0 Å². The van der Waals surface area contributed by atoms with Gasteiger partial charge in [-0.3, -0.25) is 9.71 Å². The molecule has 3 aromatic rings. The van der Waals surface area contributed by atoms with Crippen molar-refractivity contribution in [2.45, 2.75) is 11.3 Å². The average molecular weight is 489 g/mol. The van der Waals surface area contributed by atoms with E-state index in [9.17, 15) is 21.6 Å². The molecule has 1 aromatic heterocycles. The topological polar surface area (TPSA) is 86.8 Å². The summed E-state index contributed by atoms with van der Waals surface area (Å²) in [5.41, 5.74) is 1.17. The smallest absolute Gasteiger partial charge is 0.493 e. The molecule has 0 radical (unpaired) electrons. The maximum Gasteiger partial charge on any atom is 0.573 e. The quantitative estimate of drug-likeness (QED) is 0.497. The minimum absolute atomic E-state index is 0.00946. The summed E-state index contributed by atoms with van der Waals surface area (Å²) < 4.78 is 80.2. The van der Waals surface area contributed by atoms with Gasteiger partial charge in [-0.15, -0.1) is 13.2 Å². The third-order valence-corrected chi connectivity index (χ3v) is 5.77. The highest BCUT2D eigenvalue weighted by Gasteiger charge is 2.34. The first-order valence-corrected chi connectivity index (χ1v) is 10.6. The number of methoxy groups -OCH3 is 2. The molecule has 0 atom stereocenters. The summed E-state index contributed by atoms with van der Waals surface area (Å²) in [6.45, 7) is 0. The highest BCUT2D eigenvalue weighted by molar-refractivity contribution is 7.92. The maximum atomic E-state index is 12.8. The lowest BCUT2D eigenvalue weighted by molar-refractivity contribution is -0.275. The Morgan fingerprint density at radius 1 is 0.906 bits per heavy atom. The van der Waals surface area contributed by atoms with Gasteiger partial charge < -0.3 is 14.2 Å². The van der Waals surface area contributed by atoms with Crippen LogP contribution in [0.25, 0.3) is 11.1 Å². The first kappa shape index (κ1) is 23.5. The number of nitrogens with zero attached hydrogens (tertiary/aromatic N) is 1. The van der Waals surface area contributed by atoms with Gasteiger partial charge in [-0.1, -0.05) is 17.7 Å². The molecule has 0 aliphatic heterocycles. The van der Waals surface area contributed by atoms with Gasteiger partial charge in [0.1, 0.15) is 10.6 Å². The molecular weight excluding hydrogens is 473 g/mol. The van der Waals surface area contributed by atoms with Crippen molar-refractivity contribution in [2.75, 3.05) is 18.9 Å². The van der Waals surface area contributed by atoms with Crippen LogP contribution in [0.5, 0.6) is 17.2 Å². The Morgan fingerprint density at radius 3 is 2.25 bits per heavy atom. The van der Waals surface area contributed by atoms with Crippen LogP contribution in [0.3, 0.4) is 0 Å². The fourth-order valence-electron chi connectivity index (χ4n) is 2.78. The molecule has 0 amide bonds. The minimum atomic E-state index is -5.09. The number of sulfonamides is 1. The Balaban J connectivity index is 1.96. The third kappa shape index (κ3) is 5.54. The molecule has 1 heterocycles. The largest absolute Gasteiger partial charge is 0.573 e. The SMILES string of the molecule is COc1ccc(-c2cncc(NS(=O)(=O)c3cc(Cl)ccc3OC(F)(F)F)c2)cc1OC. The lowest BCUT2D eigenvalue weighted by atomic mass is 10.1. The van der Waals surface area contributed by atoms with Crippen molar-refractivity contribution in [3.63, 3.8) is 0 Å². The summed E-state index contributed by atoms with van der Waals surface area (Å²) in [5.74, 6) is 0.0291. The van der Waals surface area contributed by atoms with Crippen LogP contribution in [0.1, 0.15) is 0 Å². The zero-order chi connectivity index (χ0) is 23.5. The number of anilines is 1. The number of hydrogen-bond donors (Lipinski definition) is 1. The van der Waals surface area contributed by atoms with Crippen LogP contribution in [0.4, 0.5) is 18.9 Å². The number of pyridine rings is 1. The molecule has 32 heavy (non-hydrogen) atoms. The number of rotatable bonds is 7. The molecule has 1 N–H and O–H groups in total. The number of alkyl halides is 3. The van der Waals surface area contributed by atoms with Crippen molar-refractivity contribution < 1.29 is 35.8 Å². The predicted octanol–water partition coefficient (Wildman–Crippen LogP) is 5.12. The summed E-state index contributed by atoms with van der Waals surface area (Å²) in [6, 6.07) is 9.27. The number of nitrogens with one attached hydrogen (secondary N) is 1. The lowest BCUT2D eigenvalue weighted by Crippen LogP contribution is -2.21. The Labute approximate surface area is 186 Å². The molecule has 0 bridgehead atoms. The van der Waals surface area contributed by atoms with Crippen molar-refractivity contribution in [2.24, 2.45) is 0 Å². The van der Waals surface area contributed by atoms with Crippen molar-refractivity contribution in [3.8, 4) is 28.4 Å². The first-order valence-electron chi connectivity index (χ1n) is 8.78. The van der Waals surface area contributed by atoms with E-state index in [-0.39, 0.29) is 10.7 Å². The fraction of sp³-hybridized carbons (Fsp3) is 0.150. The zero-order valence-electron chi connectivity index (χ0n) is 16.6. The molecule has 12 heteroatoms. The molecule has 0 aliphatic rings. The number of aromatic nitrogens is 1. The van der Waals surface area contributed by atoms with Crippen LogP contribution in [0.2, 0.25) is 5.02 Å². The van der Waals surface area contributed by atoms with E-state index in [1.165, 1.54) is 32.7 Å². The van der Waals surface area contributed by atoms with Crippen molar-refractivity contribution in [1.82, 2.24) is 4.98 Å². The second-order valence-corrected chi connectivity index (χ2v) is 8.36. The van der Waals surface area contributed by atoms with Gasteiger partial charge in [0, 0.05) is 16.8 Å². The molecular formula is C20H16ClF3N2O5S. The summed E-state index contributed by atoms with van der Waals surface area (Å²) in [5, 5.41) is -0.0860. The van der Waals surface area contributed by atoms with E-state index in [0.29, 0.717) is 22.6 Å². The second-order valence-electron chi connectivity index (χ2n) is 6.28. The van der Waals surface area contributed by atoms with Gasteiger partial charge >= 0.3 is 6.36 Å². The van der Waals surface area contributed by atoms with Gasteiger partial charge in [0.05, 0.1) is 26.1 Å². The number of hydrogen-bond acceptors (Lipinski definition) is 6. The number of benzene rings is 2. The van der Waals surface area contributed by atoms with Gasteiger partial charge in [0.2, 0.25) is 0 Å². The number of ether oxygens (including phenoxy) is 3. The van der Waals surface area contributed by atoms with Gasteiger partial charge in [-0.05, 0) is 42.0 Å². The molecule has 170 valence electrons. The monoisotopic (exact) mass is 488 g/mol. The Hall–Kier alpha value is -3.18. The molecule has 0 spiro atoms. The fourth-order valence-corrected chi connectivity index (χ4v) is 4.21. The van der Waals surface area contributed by atoms with E-state index in [1.807, 2.05) is 0 Å². The average Bonchev–Trinajstić information content (AvgIpc) is 2.73. The summed E-state index contributed by atoms with van der Waals surface area (Å²) in [6.07, 6.45) is -2.40. The van der Waals surface area contributed by atoms with Crippen molar-refractivity contribution in [3.05, 3.63) is 59.9 Å². The van der Waals surface area contributed by atoms with E-state index in [1.54, 1.807) is 18.2 Å². The van der Waals surface area contributed by atoms with Gasteiger partial charge in [0.25, 0.3) is 10.0 Å². The van der Waals surface area contributed by atoms with E-state index < -0.39 is 27.0 Å². The van der Waals surface area contributed by atoms with Crippen LogP contribution >= 0.6 is 11.6 Å². The standard InChI is InChI=1S/C20H16ClF3N2O5S/c1-29-16-5-3-12(8-18(16)30-2)13-7-15(11-25-10-13)26-32(27,28)19-9-14(21)4-6-17(19)31-20(22,23)24/h3-11,26H,1-2H3. The Bertz CT molecular complexity index is 1240. The molecule has 0 saturated carbocycles. The van der Waals surface area contributed by atoms with Crippen LogP contribution in [-0.4, -0.2) is 34.0 Å². The van der Waals surface area contributed by atoms with Crippen LogP contribution in [-0.2, 0) is 10.0 Å². The zero-order valence-corrected chi connectivity index (χ0v) is 18.2. The van der Waals surface area contributed by atoms with E-state index in [0.717, 1.165) is 18.2 Å². The highest BCUT2D eigenvalue weighted by Crippen LogP contribution is 2.35. The predicted molar refractivity (Wildman–Crippen MR) is 112 cm³/mol. The van der Waals surface area contributed by atoms with E-state index >= 15 is 0 Å². The summed E-state index contributed by atoms with van der Waals surface area (Å²) in [4.78, 5) is 3.22. The molecule has 2 aromatic carbocycles. The summed E-state index contributed by atoms with van der Waals surface area (Å²) in [7, 11) is -1.55. The van der Waals surface area contributed by atoms with Crippen LogP contribution < -0.4 is 18.9 Å². The molecule has 0 saturated heterocycles. The Morgan fingerprint density at radius 2 is 1.59 bits per heavy atom. The Kier molecular flexibility index (Phi) is 6.70. The normalized spacial score (nSPS) is 11.7. The third-order valence-electron chi connectivity index (χ3n) is 4.13. The highest BCUT2D eigenvalue weighted by atomic mass is 35.5. The number of halogens is 4. The first-order chi connectivity index (χ1) is 15.0. The molecule has 7 nitrogen and oxygen atoms in total. The second kappa shape index (κ2) is 9.13. The van der Waals surface area contributed by atoms with Gasteiger partial charge in [-0.25, -0.2) is 8.42 Å². The molecule has 0 aliphatic carbocycles. The molecule has 0 unspecified atom stereocenters.